The Labute approximate surface area is 116 Å². The van der Waals surface area contributed by atoms with Crippen molar-refractivity contribution in [3.63, 3.8) is 0 Å². The molecule has 19 heavy (non-hydrogen) atoms. The highest BCUT2D eigenvalue weighted by Crippen LogP contribution is 2.31. The van der Waals surface area contributed by atoms with Gasteiger partial charge in [-0.3, -0.25) is 16.0 Å². The van der Waals surface area contributed by atoms with Crippen LogP contribution in [0.2, 0.25) is 0 Å². The van der Waals surface area contributed by atoms with Crippen LogP contribution in [0.3, 0.4) is 0 Å². The van der Waals surface area contributed by atoms with Crippen LogP contribution in [0.4, 0.5) is 0 Å². The smallest absolute Gasteiger partial charge is 0.0640 e. The molecule has 0 saturated heterocycles. The summed E-state index contributed by atoms with van der Waals surface area (Å²) in [7, 11) is 0. The summed E-state index contributed by atoms with van der Waals surface area (Å²) in [6.45, 7) is 6.65. The van der Waals surface area contributed by atoms with Gasteiger partial charge in [0.05, 0.1) is 5.69 Å². The lowest BCUT2D eigenvalue weighted by Crippen LogP contribution is -2.43. The number of nitrogens with zero attached hydrogens (tertiary/aromatic N) is 2. The average Bonchev–Trinajstić information content (AvgIpc) is 2.86. The maximum Gasteiger partial charge on any atom is 0.0640 e. The second kappa shape index (κ2) is 6.53. The SMILES string of the molecule is CC1CCC(C(Cc2ccn(C(C)C)n2)NN)CC1. The average molecular weight is 264 g/mol. The van der Waals surface area contributed by atoms with E-state index in [9.17, 15) is 0 Å². The van der Waals surface area contributed by atoms with Crippen molar-refractivity contribution < 1.29 is 0 Å². The van der Waals surface area contributed by atoms with Crippen molar-refractivity contribution in [2.75, 3.05) is 0 Å². The minimum Gasteiger partial charge on any atom is -0.271 e. The first-order valence-electron chi connectivity index (χ1n) is 7.60. The van der Waals surface area contributed by atoms with Crippen LogP contribution in [0, 0.1) is 11.8 Å². The Bertz CT molecular complexity index is 377. The van der Waals surface area contributed by atoms with E-state index in [4.69, 9.17) is 5.84 Å². The van der Waals surface area contributed by atoms with Gasteiger partial charge in [0.25, 0.3) is 0 Å². The number of hydrazine groups is 1. The van der Waals surface area contributed by atoms with Crippen molar-refractivity contribution in [3.8, 4) is 0 Å². The molecule has 2 rings (SSSR count). The third kappa shape index (κ3) is 3.80. The summed E-state index contributed by atoms with van der Waals surface area (Å²) >= 11 is 0. The maximum absolute atomic E-state index is 5.77. The molecule has 1 aromatic heterocycles. The van der Waals surface area contributed by atoms with Crippen LogP contribution >= 0.6 is 0 Å². The number of rotatable bonds is 5. The molecule has 0 spiro atoms. The summed E-state index contributed by atoms with van der Waals surface area (Å²) in [5, 5.41) is 4.63. The Morgan fingerprint density at radius 1 is 1.37 bits per heavy atom. The number of nitrogens with one attached hydrogen (secondary N) is 1. The second-order valence-corrected chi connectivity index (χ2v) is 6.38. The first kappa shape index (κ1) is 14.5. The van der Waals surface area contributed by atoms with Crippen LogP contribution in [0.25, 0.3) is 0 Å². The second-order valence-electron chi connectivity index (χ2n) is 6.38. The third-order valence-electron chi connectivity index (χ3n) is 4.47. The van der Waals surface area contributed by atoms with E-state index in [2.05, 4.69) is 43.6 Å². The maximum atomic E-state index is 5.77. The molecule has 1 heterocycles. The van der Waals surface area contributed by atoms with Gasteiger partial charge < -0.3 is 0 Å². The zero-order valence-corrected chi connectivity index (χ0v) is 12.5. The standard InChI is InChI=1S/C15H28N4/c1-11(2)19-9-8-14(18-19)10-15(17-16)13-6-4-12(3)5-7-13/h8-9,11-13,15,17H,4-7,10,16H2,1-3H3. The lowest BCUT2D eigenvalue weighted by atomic mass is 9.78. The highest BCUT2D eigenvalue weighted by Gasteiger charge is 2.26. The predicted molar refractivity (Wildman–Crippen MR) is 78.5 cm³/mol. The summed E-state index contributed by atoms with van der Waals surface area (Å²) in [6, 6.07) is 2.91. The molecular weight excluding hydrogens is 236 g/mol. The third-order valence-corrected chi connectivity index (χ3v) is 4.47. The van der Waals surface area contributed by atoms with Gasteiger partial charge in [0.2, 0.25) is 0 Å². The fourth-order valence-corrected chi connectivity index (χ4v) is 3.05. The normalized spacial score (nSPS) is 25.7. The van der Waals surface area contributed by atoms with Gasteiger partial charge in [-0.25, -0.2) is 0 Å². The molecule has 4 nitrogen and oxygen atoms in total. The Balaban J connectivity index is 1.94. The first-order chi connectivity index (χ1) is 9.10. The van der Waals surface area contributed by atoms with E-state index in [0.29, 0.717) is 18.0 Å². The Morgan fingerprint density at radius 2 is 2.05 bits per heavy atom. The Kier molecular flexibility index (Phi) is 4.99. The molecule has 1 unspecified atom stereocenters. The van der Waals surface area contributed by atoms with E-state index >= 15 is 0 Å². The van der Waals surface area contributed by atoms with Crippen molar-refractivity contribution >= 4 is 0 Å². The molecule has 1 aromatic rings. The van der Waals surface area contributed by atoms with Crippen LogP contribution in [0.1, 0.15) is 58.2 Å². The lowest BCUT2D eigenvalue weighted by Gasteiger charge is -2.32. The van der Waals surface area contributed by atoms with Crippen LogP contribution in [0.5, 0.6) is 0 Å². The van der Waals surface area contributed by atoms with Crippen LogP contribution in [-0.4, -0.2) is 15.8 Å². The molecule has 4 heteroatoms. The zero-order valence-electron chi connectivity index (χ0n) is 12.5. The van der Waals surface area contributed by atoms with Gasteiger partial charge >= 0.3 is 0 Å². The predicted octanol–water partition coefficient (Wildman–Crippen LogP) is 2.66. The molecule has 1 aliphatic carbocycles. The molecule has 0 bridgehead atoms. The van der Waals surface area contributed by atoms with Crippen LogP contribution < -0.4 is 11.3 Å². The minimum atomic E-state index is 0.364. The van der Waals surface area contributed by atoms with E-state index in [-0.39, 0.29) is 0 Å². The largest absolute Gasteiger partial charge is 0.271 e. The fraction of sp³-hybridized carbons (Fsp3) is 0.800. The molecule has 1 saturated carbocycles. The molecule has 108 valence electrons. The van der Waals surface area contributed by atoms with Crippen molar-refractivity contribution in [2.45, 2.75) is 65.0 Å². The molecule has 1 fully saturated rings. The molecule has 0 amide bonds. The van der Waals surface area contributed by atoms with E-state index in [1.54, 1.807) is 0 Å². The molecule has 0 aromatic carbocycles. The van der Waals surface area contributed by atoms with Gasteiger partial charge in [0.1, 0.15) is 0 Å². The van der Waals surface area contributed by atoms with E-state index in [0.717, 1.165) is 18.0 Å². The molecule has 3 N–H and O–H groups in total. The van der Waals surface area contributed by atoms with Crippen LogP contribution in [-0.2, 0) is 6.42 Å². The Morgan fingerprint density at radius 3 is 2.58 bits per heavy atom. The van der Waals surface area contributed by atoms with E-state index < -0.39 is 0 Å². The molecular formula is C15H28N4. The number of hydrogen-bond donors (Lipinski definition) is 2. The van der Waals surface area contributed by atoms with Crippen molar-refractivity contribution in [2.24, 2.45) is 17.7 Å². The van der Waals surface area contributed by atoms with Crippen molar-refractivity contribution in [3.05, 3.63) is 18.0 Å². The molecule has 1 atom stereocenters. The number of aromatic nitrogens is 2. The monoisotopic (exact) mass is 264 g/mol. The summed E-state index contributed by atoms with van der Waals surface area (Å²) in [6.07, 6.45) is 8.26. The van der Waals surface area contributed by atoms with Gasteiger partial charge in [-0.1, -0.05) is 19.8 Å². The van der Waals surface area contributed by atoms with E-state index in [1.165, 1.54) is 25.7 Å². The number of nitrogens with two attached hydrogens (primary N) is 1. The van der Waals surface area contributed by atoms with Crippen LogP contribution in [0.15, 0.2) is 12.3 Å². The Hall–Kier alpha value is -0.870. The molecule has 0 aliphatic heterocycles. The summed E-state index contributed by atoms with van der Waals surface area (Å²) < 4.78 is 2.02. The van der Waals surface area contributed by atoms with E-state index in [1.807, 2.05) is 4.68 Å². The highest BCUT2D eigenvalue weighted by molar-refractivity contribution is 5.03. The fourth-order valence-electron chi connectivity index (χ4n) is 3.05. The van der Waals surface area contributed by atoms with Gasteiger partial charge in [0.15, 0.2) is 0 Å². The van der Waals surface area contributed by atoms with Gasteiger partial charge in [-0.2, -0.15) is 5.10 Å². The summed E-state index contributed by atoms with van der Waals surface area (Å²) in [5.74, 6) is 7.35. The highest BCUT2D eigenvalue weighted by atomic mass is 15.3. The lowest BCUT2D eigenvalue weighted by molar-refractivity contribution is 0.228. The molecule has 1 aliphatic rings. The van der Waals surface area contributed by atoms with Gasteiger partial charge in [-0.15, -0.1) is 0 Å². The van der Waals surface area contributed by atoms with Gasteiger partial charge in [0, 0.05) is 24.7 Å². The van der Waals surface area contributed by atoms with Crippen molar-refractivity contribution in [1.29, 1.82) is 0 Å². The quantitative estimate of drug-likeness (QED) is 0.635. The zero-order chi connectivity index (χ0) is 13.8. The van der Waals surface area contributed by atoms with Gasteiger partial charge in [-0.05, 0) is 44.6 Å². The summed E-state index contributed by atoms with van der Waals surface area (Å²) in [5.41, 5.74) is 4.17. The first-order valence-corrected chi connectivity index (χ1v) is 7.60. The van der Waals surface area contributed by atoms with Crippen molar-refractivity contribution in [1.82, 2.24) is 15.2 Å². The summed E-state index contributed by atoms with van der Waals surface area (Å²) in [4.78, 5) is 0. The number of hydrogen-bond acceptors (Lipinski definition) is 3. The molecule has 0 radical (unpaired) electrons. The topological polar surface area (TPSA) is 55.9 Å². The minimum absolute atomic E-state index is 0.364.